The van der Waals surface area contributed by atoms with Crippen LogP contribution >= 0.6 is 0 Å². The molecule has 4 aromatic rings. The molecular weight excluding hydrogens is 454 g/mol. The van der Waals surface area contributed by atoms with Gasteiger partial charge in [-0.1, -0.05) is 0 Å². The second-order valence-electron chi connectivity index (χ2n) is 8.89. The number of halogens is 2. The zero-order valence-corrected chi connectivity index (χ0v) is 18.7. The van der Waals surface area contributed by atoms with Gasteiger partial charge in [0.15, 0.2) is 17.3 Å². The molecule has 1 fully saturated rings. The summed E-state index contributed by atoms with van der Waals surface area (Å²) in [6.07, 6.45) is 5.21. The normalized spacial score (nSPS) is 16.2. The molecule has 0 atom stereocenters. The van der Waals surface area contributed by atoms with Gasteiger partial charge in [0.1, 0.15) is 5.82 Å². The van der Waals surface area contributed by atoms with E-state index in [9.17, 15) is 18.4 Å². The number of piperidine rings is 1. The first-order valence-corrected chi connectivity index (χ1v) is 11.6. The summed E-state index contributed by atoms with van der Waals surface area (Å²) in [4.78, 5) is 40.8. The van der Waals surface area contributed by atoms with Crippen molar-refractivity contribution < 1.29 is 13.6 Å². The van der Waals surface area contributed by atoms with Crippen LogP contribution in [0.5, 0.6) is 0 Å². The Labute approximate surface area is 198 Å². The minimum atomic E-state index is -0.966. The molecule has 0 spiro atoms. The standard InChI is InChI=1S/C25H22F2N6O2/c26-18-12-15-4-11-32(21(15)14-19(18)27)24(34)16-3-8-28-22(13-16)31-9-5-17(6-10-31)33-20-2-1-7-29-23(20)30-25(33)35/h1-3,7-8,12-14,17H,4-6,9-11H2,(H,29,30,35). The zero-order valence-electron chi connectivity index (χ0n) is 18.7. The van der Waals surface area contributed by atoms with Crippen molar-refractivity contribution in [3.63, 3.8) is 0 Å². The molecule has 35 heavy (non-hydrogen) atoms. The van der Waals surface area contributed by atoms with Crippen molar-refractivity contribution in [1.29, 1.82) is 0 Å². The third-order valence-corrected chi connectivity index (χ3v) is 6.90. The second-order valence-corrected chi connectivity index (χ2v) is 8.89. The number of aromatic amines is 1. The molecule has 8 nitrogen and oxygen atoms in total. The smallest absolute Gasteiger partial charge is 0.327 e. The van der Waals surface area contributed by atoms with Crippen LogP contribution in [0.1, 0.15) is 34.8 Å². The molecule has 2 aliphatic rings. The van der Waals surface area contributed by atoms with Crippen LogP contribution in [-0.4, -0.2) is 45.1 Å². The molecule has 178 valence electrons. The number of H-pyrrole nitrogens is 1. The second kappa shape index (κ2) is 8.30. The summed E-state index contributed by atoms with van der Waals surface area (Å²) in [5, 5.41) is 0. The van der Waals surface area contributed by atoms with Crippen molar-refractivity contribution in [2.75, 3.05) is 29.4 Å². The Hall–Kier alpha value is -4.08. The molecule has 1 N–H and O–H groups in total. The van der Waals surface area contributed by atoms with E-state index in [1.807, 2.05) is 12.1 Å². The van der Waals surface area contributed by atoms with Gasteiger partial charge in [-0.2, -0.15) is 0 Å². The monoisotopic (exact) mass is 476 g/mol. The topological polar surface area (TPSA) is 87.1 Å². The number of imidazole rings is 1. The van der Waals surface area contributed by atoms with Crippen LogP contribution in [0.4, 0.5) is 20.3 Å². The van der Waals surface area contributed by atoms with Gasteiger partial charge in [0.05, 0.1) is 11.2 Å². The summed E-state index contributed by atoms with van der Waals surface area (Å²) in [6, 6.07) is 9.37. The first kappa shape index (κ1) is 21.5. The number of carbonyl (C=O) groups is 1. The van der Waals surface area contributed by atoms with Gasteiger partial charge in [0.25, 0.3) is 5.91 Å². The molecule has 0 radical (unpaired) electrons. The number of carbonyl (C=O) groups excluding carboxylic acids is 1. The molecule has 1 saturated heterocycles. The summed E-state index contributed by atoms with van der Waals surface area (Å²) in [5.41, 5.74) is 2.68. The fourth-order valence-electron chi connectivity index (χ4n) is 5.15. The predicted molar refractivity (Wildman–Crippen MR) is 127 cm³/mol. The predicted octanol–water partition coefficient (Wildman–Crippen LogP) is 3.44. The number of benzene rings is 1. The van der Waals surface area contributed by atoms with Crippen LogP contribution < -0.4 is 15.5 Å². The van der Waals surface area contributed by atoms with E-state index < -0.39 is 11.6 Å². The highest BCUT2D eigenvalue weighted by Gasteiger charge is 2.29. The highest BCUT2D eigenvalue weighted by atomic mass is 19.2. The molecule has 0 saturated carbocycles. The van der Waals surface area contributed by atoms with E-state index in [1.165, 1.54) is 4.90 Å². The van der Waals surface area contributed by atoms with Gasteiger partial charge in [0.2, 0.25) is 0 Å². The number of amides is 1. The maximum absolute atomic E-state index is 13.8. The molecule has 1 aromatic carbocycles. The molecule has 0 unspecified atom stereocenters. The first-order chi connectivity index (χ1) is 17.0. The molecule has 10 heteroatoms. The summed E-state index contributed by atoms with van der Waals surface area (Å²) >= 11 is 0. The summed E-state index contributed by atoms with van der Waals surface area (Å²) < 4.78 is 29.2. The Morgan fingerprint density at radius 3 is 2.63 bits per heavy atom. The van der Waals surface area contributed by atoms with E-state index in [0.29, 0.717) is 54.3 Å². The van der Waals surface area contributed by atoms with Crippen molar-refractivity contribution in [3.8, 4) is 0 Å². The third kappa shape index (κ3) is 3.65. The van der Waals surface area contributed by atoms with E-state index >= 15 is 0 Å². The zero-order chi connectivity index (χ0) is 24.1. The summed E-state index contributed by atoms with van der Waals surface area (Å²) in [6.45, 7) is 1.71. The fourth-order valence-corrected chi connectivity index (χ4v) is 5.15. The molecular formula is C25H22F2N6O2. The van der Waals surface area contributed by atoms with E-state index in [2.05, 4.69) is 19.9 Å². The van der Waals surface area contributed by atoms with Gasteiger partial charge in [-0.15, -0.1) is 0 Å². The molecule has 2 aliphatic heterocycles. The Morgan fingerprint density at radius 1 is 1.00 bits per heavy atom. The summed E-state index contributed by atoms with van der Waals surface area (Å²) in [7, 11) is 0. The SMILES string of the molecule is O=C(c1ccnc(N2CCC(n3c(=O)[nH]c4ncccc43)CC2)c1)N1CCc2cc(F)c(F)cc21. The van der Waals surface area contributed by atoms with Gasteiger partial charge in [-0.3, -0.25) is 14.3 Å². The maximum Gasteiger partial charge on any atom is 0.327 e. The van der Waals surface area contributed by atoms with Crippen LogP contribution in [0.15, 0.2) is 53.6 Å². The van der Waals surface area contributed by atoms with Crippen molar-refractivity contribution in [3.05, 3.63) is 82.0 Å². The van der Waals surface area contributed by atoms with Gasteiger partial charge < -0.3 is 9.80 Å². The number of rotatable bonds is 3. The van der Waals surface area contributed by atoms with Gasteiger partial charge in [-0.25, -0.2) is 23.5 Å². The average Bonchev–Trinajstić information content (AvgIpc) is 3.43. The van der Waals surface area contributed by atoms with E-state index in [4.69, 9.17) is 0 Å². The minimum absolute atomic E-state index is 0.0397. The molecule has 5 heterocycles. The molecule has 0 aliphatic carbocycles. The molecule has 0 bridgehead atoms. The van der Waals surface area contributed by atoms with Crippen LogP contribution in [0, 0.1) is 11.6 Å². The Morgan fingerprint density at radius 2 is 1.80 bits per heavy atom. The molecule has 3 aromatic heterocycles. The Kier molecular flexibility index (Phi) is 5.09. The third-order valence-electron chi connectivity index (χ3n) is 6.90. The van der Waals surface area contributed by atoms with Crippen LogP contribution in [0.25, 0.3) is 11.2 Å². The number of anilines is 2. The lowest BCUT2D eigenvalue weighted by molar-refractivity contribution is 0.0989. The van der Waals surface area contributed by atoms with E-state index in [-0.39, 0.29) is 17.6 Å². The van der Waals surface area contributed by atoms with Crippen LogP contribution in [0.2, 0.25) is 0 Å². The van der Waals surface area contributed by atoms with E-state index in [1.54, 1.807) is 29.1 Å². The first-order valence-electron chi connectivity index (χ1n) is 11.6. The number of aromatic nitrogens is 4. The van der Waals surface area contributed by atoms with Crippen LogP contribution in [0.3, 0.4) is 0 Å². The minimum Gasteiger partial charge on any atom is -0.356 e. The molecule has 6 rings (SSSR count). The Bertz CT molecular complexity index is 1510. The van der Waals surface area contributed by atoms with Crippen molar-refractivity contribution in [2.45, 2.75) is 25.3 Å². The van der Waals surface area contributed by atoms with Gasteiger partial charge in [0, 0.05) is 49.7 Å². The van der Waals surface area contributed by atoms with Gasteiger partial charge in [-0.05, 0) is 55.2 Å². The van der Waals surface area contributed by atoms with Gasteiger partial charge >= 0.3 is 5.69 Å². The fraction of sp³-hybridized carbons (Fsp3) is 0.280. The quantitative estimate of drug-likeness (QED) is 0.490. The van der Waals surface area contributed by atoms with Crippen molar-refractivity contribution >= 4 is 28.6 Å². The van der Waals surface area contributed by atoms with Crippen LogP contribution in [-0.2, 0) is 6.42 Å². The lowest BCUT2D eigenvalue weighted by atomic mass is 10.0. The largest absolute Gasteiger partial charge is 0.356 e. The number of nitrogens with zero attached hydrogens (tertiary/aromatic N) is 5. The molecule has 1 amide bonds. The number of hydrogen-bond donors (Lipinski definition) is 1. The number of fused-ring (bicyclic) bond motifs is 2. The number of nitrogens with one attached hydrogen (secondary N) is 1. The van der Waals surface area contributed by atoms with E-state index in [0.717, 1.165) is 30.5 Å². The maximum atomic E-state index is 13.8. The Balaban J connectivity index is 1.20. The lowest BCUT2D eigenvalue weighted by Crippen LogP contribution is -2.37. The highest BCUT2D eigenvalue weighted by molar-refractivity contribution is 6.07. The lowest BCUT2D eigenvalue weighted by Gasteiger charge is -2.33. The summed E-state index contributed by atoms with van der Waals surface area (Å²) in [5.74, 6) is -1.47. The average molecular weight is 476 g/mol. The highest BCUT2D eigenvalue weighted by Crippen LogP contribution is 2.32. The number of hydrogen-bond acceptors (Lipinski definition) is 5. The van der Waals surface area contributed by atoms with Crippen molar-refractivity contribution in [1.82, 2.24) is 19.5 Å². The van der Waals surface area contributed by atoms with Crippen molar-refractivity contribution in [2.24, 2.45) is 0 Å². The number of pyridine rings is 2.